The Morgan fingerprint density at radius 1 is 1.17 bits per heavy atom. The van der Waals surface area contributed by atoms with E-state index in [-0.39, 0.29) is 5.91 Å². The number of esters is 1. The minimum Gasteiger partial charge on any atom is -0.465 e. The second-order valence-electron chi connectivity index (χ2n) is 5.26. The fourth-order valence-electron chi connectivity index (χ4n) is 2.09. The van der Waals surface area contributed by atoms with Crippen LogP contribution in [-0.4, -0.2) is 33.1 Å². The van der Waals surface area contributed by atoms with E-state index >= 15 is 0 Å². The second kappa shape index (κ2) is 7.78. The summed E-state index contributed by atoms with van der Waals surface area (Å²) in [7, 11) is 5.30. The maximum Gasteiger partial charge on any atom is 0.350 e. The lowest BCUT2D eigenvalue weighted by molar-refractivity contribution is -0.116. The van der Waals surface area contributed by atoms with Gasteiger partial charge < -0.3 is 15.0 Å². The summed E-state index contributed by atoms with van der Waals surface area (Å²) in [4.78, 5) is 26.1. The van der Waals surface area contributed by atoms with E-state index in [2.05, 4.69) is 5.32 Å². The number of thiophene rings is 1. The first-order chi connectivity index (χ1) is 11.0. The minimum atomic E-state index is -0.436. The van der Waals surface area contributed by atoms with Crippen LogP contribution >= 0.6 is 11.3 Å². The summed E-state index contributed by atoms with van der Waals surface area (Å²) >= 11 is 1.25. The van der Waals surface area contributed by atoms with E-state index < -0.39 is 5.97 Å². The number of ether oxygens (including phenoxy) is 1. The van der Waals surface area contributed by atoms with Crippen LogP contribution in [0, 0.1) is 0 Å². The number of benzene rings is 1. The van der Waals surface area contributed by atoms with Crippen molar-refractivity contribution in [2.45, 2.75) is 12.8 Å². The average Bonchev–Trinajstić information content (AvgIpc) is 3.00. The van der Waals surface area contributed by atoms with E-state index in [1.165, 1.54) is 18.4 Å². The van der Waals surface area contributed by atoms with Crippen LogP contribution in [0.4, 0.5) is 11.4 Å². The van der Waals surface area contributed by atoms with Gasteiger partial charge in [-0.1, -0.05) is 12.1 Å². The van der Waals surface area contributed by atoms with E-state index in [1.54, 1.807) is 11.4 Å². The molecule has 0 atom stereocenters. The van der Waals surface area contributed by atoms with Crippen LogP contribution in [0.1, 0.15) is 21.7 Å². The van der Waals surface area contributed by atoms with Gasteiger partial charge in [0.05, 0.1) is 12.8 Å². The van der Waals surface area contributed by atoms with Gasteiger partial charge in [0.2, 0.25) is 5.91 Å². The molecule has 0 aliphatic heterocycles. The Balaban J connectivity index is 1.90. The predicted octanol–water partition coefficient (Wildman–Crippen LogP) is 3.17. The summed E-state index contributed by atoms with van der Waals surface area (Å²) in [6, 6.07) is 9.81. The first-order valence-corrected chi connectivity index (χ1v) is 8.11. The van der Waals surface area contributed by atoms with Crippen molar-refractivity contribution in [3.05, 3.63) is 46.2 Å². The maximum atomic E-state index is 12.1. The highest BCUT2D eigenvalue weighted by Gasteiger charge is 2.15. The molecule has 1 aromatic heterocycles. The molecule has 0 bridgehead atoms. The van der Waals surface area contributed by atoms with Gasteiger partial charge in [0.25, 0.3) is 0 Å². The number of anilines is 2. The van der Waals surface area contributed by atoms with E-state index in [0.29, 0.717) is 23.4 Å². The summed E-state index contributed by atoms with van der Waals surface area (Å²) in [6.45, 7) is 0. The molecular weight excluding hydrogens is 312 g/mol. The van der Waals surface area contributed by atoms with Gasteiger partial charge in [-0.2, -0.15) is 0 Å². The van der Waals surface area contributed by atoms with Gasteiger partial charge in [0.1, 0.15) is 4.88 Å². The van der Waals surface area contributed by atoms with Gasteiger partial charge in [-0.05, 0) is 35.6 Å². The van der Waals surface area contributed by atoms with Crippen molar-refractivity contribution in [2.24, 2.45) is 0 Å². The van der Waals surface area contributed by atoms with Gasteiger partial charge in [0, 0.05) is 26.2 Å². The average molecular weight is 332 g/mol. The number of rotatable bonds is 6. The van der Waals surface area contributed by atoms with Crippen LogP contribution in [0.2, 0.25) is 0 Å². The van der Waals surface area contributed by atoms with Crippen molar-refractivity contribution in [3.8, 4) is 0 Å². The molecule has 1 N–H and O–H groups in total. The van der Waals surface area contributed by atoms with Crippen molar-refractivity contribution in [2.75, 3.05) is 31.4 Å². The smallest absolute Gasteiger partial charge is 0.350 e. The first kappa shape index (κ1) is 17.0. The lowest BCUT2D eigenvalue weighted by Crippen LogP contribution is -2.14. The molecule has 23 heavy (non-hydrogen) atoms. The van der Waals surface area contributed by atoms with Gasteiger partial charge in [-0.3, -0.25) is 4.79 Å². The highest BCUT2D eigenvalue weighted by Crippen LogP contribution is 2.23. The Bertz CT molecular complexity index is 677. The summed E-state index contributed by atoms with van der Waals surface area (Å²) < 4.78 is 4.69. The van der Waals surface area contributed by atoms with Crippen molar-refractivity contribution in [1.82, 2.24) is 0 Å². The number of methoxy groups -OCH3 is 1. The molecule has 0 fully saturated rings. The zero-order valence-electron chi connectivity index (χ0n) is 13.5. The molecule has 0 aliphatic carbocycles. The van der Waals surface area contributed by atoms with Crippen LogP contribution in [0.3, 0.4) is 0 Å². The third-order valence-electron chi connectivity index (χ3n) is 3.40. The fraction of sp³-hybridized carbons (Fsp3) is 0.294. The Kier molecular flexibility index (Phi) is 5.76. The molecule has 6 heteroatoms. The Morgan fingerprint density at radius 2 is 1.87 bits per heavy atom. The number of carbonyl (C=O) groups is 2. The van der Waals surface area contributed by atoms with E-state index in [9.17, 15) is 9.59 Å². The number of hydrogen-bond donors (Lipinski definition) is 1. The quantitative estimate of drug-likeness (QED) is 0.826. The van der Waals surface area contributed by atoms with Gasteiger partial charge >= 0.3 is 5.97 Å². The van der Waals surface area contributed by atoms with E-state index in [1.807, 2.05) is 43.3 Å². The molecule has 122 valence electrons. The van der Waals surface area contributed by atoms with Gasteiger partial charge in [-0.25, -0.2) is 4.79 Å². The van der Waals surface area contributed by atoms with Crippen LogP contribution in [-0.2, 0) is 16.0 Å². The highest BCUT2D eigenvalue weighted by molar-refractivity contribution is 7.12. The molecule has 2 rings (SSSR count). The van der Waals surface area contributed by atoms with E-state index in [4.69, 9.17) is 4.74 Å². The standard InChI is InChI=1S/C17H20N2O3S/c1-19(2)13-7-4-12(5-8-13)6-9-15(20)18-14-10-11-23-16(14)17(21)22-3/h4-5,7-8,10-11H,6,9H2,1-3H3,(H,18,20). The number of nitrogens with one attached hydrogen (secondary N) is 1. The molecule has 1 heterocycles. The minimum absolute atomic E-state index is 0.120. The van der Waals surface area contributed by atoms with Gasteiger partial charge in [-0.15, -0.1) is 11.3 Å². The van der Waals surface area contributed by atoms with Crippen LogP contribution < -0.4 is 10.2 Å². The van der Waals surface area contributed by atoms with Crippen molar-refractivity contribution in [3.63, 3.8) is 0 Å². The number of hydrogen-bond acceptors (Lipinski definition) is 5. The Morgan fingerprint density at radius 3 is 2.48 bits per heavy atom. The number of nitrogens with zero attached hydrogens (tertiary/aromatic N) is 1. The largest absolute Gasteiger partial charge is 0.465 e. The molecule has 5 nitrogen and oxygen atoms in total. The SMILES string of the molecule is COC(=O)c1sccc1NC(=O)CCc1ccc(N(C)C)cc1. The molecule has 1 aromatic carbocycles. The highest BCUT2D eigenvalue weighted by atomic mass is 32.1. The van der Waals surface area contributed by atoms with Crippen LogP contribution in [0.25, 0.3) is 0 Å². The monoisotopic (exact) mass is 332 g/mol. The molecule has 0 radical (unpaired) electrons. The van der Waals surface area contributed by atoms with Crippen LogP contribution in [0.5, 0.6) is 0 Å². The number of carbonyl (C=O) groups excluding carboxylic acids is 2. The zero-order chi connectivity index (χ0) is 16.8. The molecular formula is C17H20N2O3S. The van der Waals surface area contributed by atoms with Crippen molar-refractivity contribution >= 4 is 34.6 Å². The normalized spacial score (nSPS) is 10.2. The third-order valence-corrected chi connectivity index (χ3v) is 4.30. The van der Waals surface area contributed by atoms with Crippen molar-refractivity contribution in [1.29, 1.82) is 0 Å². The van der Waals surface area contributed by atoms with Gasteiger partial charge in [0.15, 0.2) is 0 Å². The molecule has 0 aliphatic rings. The summed E-state index contributed by atoms with van der Waals surface area (Å²) in [5.74, 6) is -0.556. The maximum absolute atomic E-state index is 12.1. The lowest BCUT2D eigenvalue weighted by atomic mass is 10.1. The molecule has 1 amide bonds. The molecule has 0 unspecified atom stereocenters. The summed E-state index contributed by atoms with van der Waals surface area (Å²) in [5.41, 5.74) is 2.73. The topological polar surface area (TPSA) is 58.6 Å². The first-order valence-electron chi connectivity index (χ1n) is 7.23. The molecule has 0 saturated carbocycles. The van der Waals surface area contributed by atoms with Crippen LogP contribution in [0.15, 0.2) is 35.7 Å². The summed E-state index contributed by atoms with van der Waals surface area (Å²) in [6.07, 6.45) is 1.01. The third kappa shape index (κ3) is 4.56. The number of aryl methyl sites for hydroxylation is 1. The molecule has 2 aromatic rings. The predicted molar refractivity (Wildman–Crippen MR) is 93.4 cm³/mol. The Labute approximate surface area is 139 Å². The zero-order valence-corrected chi connectivity index (χ0v) is 14.3. The van der Waals surface area contributed by atoms with Crippen molar-refractivity contribution < 1.29 is 14.3 Å². The lowest BCUT2D eigenvalue weighted by Gasteiger charge is -2.12. The fourth-order valence-corrected chi connectivity index (χ4v) is 2.86. The second-order valence-corrected chi connectivity index (χ2v) is 6.18. The molecule has 0 saturated heterocycles. The van der Waals surface area contributed by atoms with E-state index in [0.717, 1.165) is 11.3 Å². The Hall–Kier alpha value is -2.34. The number of amides is 1. The summed E-state index contributed by atoms with van der Waals surface area (Å²) in [5, 5.41) is 4.52. The molecule has 0 spiro atoms.